The van der Waals surface area contributed by atoms with E-state index in [1.54, 1.807) is 12.4 Å². The van der Waals surface area contributed by atoms with E-state index in [0.717, 1.165) is 18.4 Å². The van der Waals surface area contributed by atoms with Crippen molar-refractivity contribution in [3.63, 3.8) is 0 Å². The van der Waals surface area contributed by atoms with Gasteiger partial charge in [-0.3, -0.25) is 9.78 Å². The van der Waals surface area contributed by atoms with Crippen LogP contribution in [0.2, 0.25) is 0 Å². The van der Waals surface area contributed by atoms with Crippen molar-refractivity contribution in [1.29, 1.82) is 0 Å². The first-order valence-corrected chi connectivity index (χ1v) is 6.78. The summed E-state index contributed by atoms with van der Waals surface area (Å²) < 4.78 is 5.47. The largest absolute Gasteiger partial charge is 0.488 e. The molecule has 2 heterocycles. The minimum absolute atomic E-state index is 0.0203. The second-order valence-electron chi connectivity index (χ2n) is 4.61. The Morgan fingerprint density at radius 1 is 1.47 bits per heavy atom. The smallest absolute Gasteiger partial charge is 0.289 e. The van der Waals surface area contributed by atoms with Crippen LogP contribution in [0.15, 0.2) is 36.4 Å². The number of allylic oxidation sites excluding steroid dienone is 1. The molecule has 1 aliphatic rings. The molecule has 0 saturated heterocycles. The van der Waals surface area contributed by atoms with E-state index < -0.39 is 0 Å². The summed E-state index contributed by atoms with van der Waals surface area (Å²) in [5, 5.41) is 0. The van der Waals surface area contributed by atoms with Crippen molar-refractivity contribution < 1.29 is 9.53 Å². The minimum Gasteiger partial charge on any atom is -0.488 e. The summed E-state index contributed by atoms with van der Waals surface area (Å²) in [6, 6.07) is 3.90. The lowest BCUT2D eigenvalue weighted by Gasteiger charge is -2.29. The van der Waals surface area contributed by atoms with Gasteiger partial charge >= 0.3 is 0 Å². The molecular formula is C15H20N2O2. The van der Waals surface area contributed by atoms with Crippen molar-refractivity contribution in [3.05, 3.63) is 41.9 Å². The normalized spacial score (nSPS) is 16.2. The highest BCUT2D eigenvalue weighted by molar-refractivity contribution is 5.91. The molecule has 2 rings (SSSR count). The summed E-state index contributed by atoms with van der Waals surface area (Å²) in [6.07, 6.45) is 7.31. The lowest BCUT2D eigenvalue weighted by molar-refractivity contribution is -0.133. The molecular weight excluding hydrogens is 240 g/mol. The summed E-state index contributed by atoms with van der Waals surface area (Å²) in [7, 11) is 0. The number of aromatic nitrogens is 1. The van der Waals surface area contributed by atoms with Crippen LogP contribution in [-0.4, -0.2) is 28.9 Å². The fourth-order valence-electron chi connectivity index (χ4n) is 2.26. The van der Waals surface area contributed by atoms with Crippen LogP contribution in [0, 0.1) is 0 Å². The van der Waals surface area contributed by atoms with E-state index in [4.69, 9.17) is 4.74 Å². The summed E-state index contributed by atoms with van der Waals surface area (Å²) in [5.41, 5.74) is 1.08. The standard InChI is InChI=1S/C15H20N2O2/c1-3-17(12(2)13-7-9-16-10-8-13)15(18)14-6-4-5-11-19-14/h6-10,12H,3-5,11H2,1-2H3/t12-/m0/s1. The molecule has 1 aromatic heterocycles. The Morgan fingerprint density at radius 2 is 2.21 bits per heavy atom. The van der Waals surface area contributed by atoms with E-state index in [2.05, 4.69) is 4.98 Å². The zero-order valence-electron chi connectivity index (χ0n) is 11.5. The van der Waals surface area contributed by atoms with Crippen LogP contribution in [0.4, 0.5) is 0 Å². The number of hydrogen-bond donors (Lipinski definition) is 0. The lowest BCUT2D eigenvalue weighted by atomic mass is 10.1. The molecule has 4 nitrogen and oxygen atoms in total. The van der Waals surface area contributed by atoms with Crippen LogP contribution in [0.1, 0.15) is 38.3 Å². The third kappa shape index (κ3) is 3.13. The third-order valence-corrected chi connectivity index (χ3v) is 3.40. The maximum atomic E-state index is 12.5. The predicted molar refractivity (Wildman–Crippen MR) is 73.3 cm³/mol. The Hall–Kier alpha value is -1.84. The van der Waals surface area contributed by atoms with Gasteiger partial charge in [-0.05, 0) is 50.5 Å². The maximum Gasteiger partial charge on any atom is 0.289 e. The summed E-state index contributed by atoms with van der Waals surface area (Å²) in [6.45, 7) is 5.31. The monoisotopic (exact) mass is 260 g/mol. The van der Waals surface area contributed by atoms with Crippen molar-refractivity contribution >= 4 is 5.91 Å². The Bertz CT molecular complexity index is 456. The predicted octanol–water partition coefficient (Wildman–Crippen LogP) is 2.69. The van der Waals surface area contributed by atoms with Crippen LogP contribution < -0.4 is 0 Å². The van der Waals surface area contributed by atoms with Gasteiger partial charge in [0.2, 0.25) is 0 Å². The van der Waals surface area contributed by atoms with E-state index in [-0.39, 0.29) is 11.9 Å². The van der Waals surface area contributed by atoms with Crippen molar-refractivity contribution in [2.45, 2.75) is 32.7 Å². The molecule has 0 radical (unpaired) electrons. The molecule has 19 heavy (non-hydrogen) atoms. The topological polar surface area (TPSA) is 42.4 Å². The van der Waals surface area contributed by atoms with Crippen molar-refractivity contribution in [3.8, 4) is 0 Å². The van der Waals surface area contributed by atoms with Crippen molar-refractivity contribution in [2.75, 3.05) is 13.2 Å². The van der Waals surface area contributed by atoms with Gasteiger partial charge in [0.25, 0.3) is 5.91 Å². The first-order valence-electron chi connectivity index (χ1n) is 6.78. The van der Waals surface area contributed by atoms with Gasteiger partial charge in [0.15, 0.2) is 5.76 Å². The molecule has 102 valence electrons. The molecule has 0 N–H and O–H groups in total. The van der Waals surface area contributed by atoms with E-state index in [0.29, 0.717) is 18.9 Å². The fourth-order valence-corrected chi connectivity index (χ4v) is 2.26. The first kappa shape index (κ1) is 13.6. The molecule has 0 bridgehead atoms. The van der Waals surface area contributed by atoms with E-state index in [1.165, 1.54) is 0 Å². The van der Waals surface area contributed by atoms with Crippen LogP contribution in [0.5, 0.6) is 0 Å². The molecule has 1 aromatic rings. The molecule has 0 aliphatic carbocycles. The quantitative estimate of drug-likeness (QED) is 0.836. The third-order valence-electron chi connectivity index (χ3n) is 3.40. The van der Waals surface area contributed by atoms with E-state index in [9.17, 15) is 4.79 Å². The Labute approximate surface area is 114 Å². The number of carbonyl (C=O) groups excluding carboxylic acids is 1. The number of rotatable bonds is 4. The maximum absolute atomic E-state index is 12.5. The van der Waals surface area contributed by atoms with Crippen molar-refractivity contribution in [1.82, 2.24) is 9.88 Å². The number of pyridine rings is 1. The average Bonchev–Trinajstić information content (AvgIpc) is 2.49. The van der Waals surface area contributed by atoms with E-state index >= 15 is 0 Å². The SMILES string of the molecule is CCN(C(=O)C1=CCCCO1)[C@@H](C)c1ccncc1. The van der Waals surface area contributed by atoms with Crippen LogP contribution in [-0.2, 0) is 9.53 Å². The molecule has 0 spiro atoms. The summed E-state index contributed by atoms with van der Waals surface area (Å²) >= 11 is 0. The molecule has 0 unspecified atom stereocenters. The average molecular weight is 260 g/mol. The second-order valence-corrected chi connectivity index (χ2v) is 4.61. The van der Waals surface area contributed by atoms with Gasteiger partial charge in [-0.2, -0.15) is 0 Å². The first-order chi connectivity index (χ1) is 9.24. The zero-order chi connectivity index (χ0) is 13.7. The number of likely N-dealkylation sites (N-methyl/N-ethyl adjacent to an activating group) is 1. The van der Waals surface area contributed by atoms with Crippen LogP contribution >= 0.6 is 0 Å². The molecule has 0 fully saturated rings. The molecule has 1 atom stereocenters. The second kappa shape index (κ2) is 6.36. The summed E-state index contributed by atoms with van der Waals surface area (Å²) in [4.78, 5) is 18.3. The number of amides is 1. The van der Waals surface area contributed by atoms with Gasteiger partial charge in [0, 0.05) is 18.9 Å². The number of nitrogens with zero attached hydrogens (tertiary/aromatic N) is 2. The highest BCUT2D eigenvalue weighted by atomic mass is 16.5. The molecule has 4 heteroatoms. The Balaban J connectivity index is 2.15. The fraction of sp³-hybridized carbons (Fsp3) is 0.467. The number of hydrogen-bond acceptors (Lipinski definition) is 3. The molecule has 1 amide bonds. The Kier molecular flexibility index (Phi) is 4.55. The minimum atomic E-state index is -0.0217. The van der Waals surface area contributed by atoms with Crippen molar-refractivity contribution in [2.24, 2.45) is 0 Å². The van der Waals surface area contributed by atoms with Crippen LogP contribution in [0.25, 0.3) is 0 Å². The van der Waals surface area contributed by atoms with Crippen LogP contribution in [0.3, 0.4) is 0 Å². The van der Waals surface area contributed by atoms with Gasteiger partial charge in [0.05, 0.1) is 12.6 Å². The zero-order valence-corrected chi connectivity index (χ0v) is 11.5. The Morgan fingerprint density at radius 3 is 2.79 bits per heavy atom. The number of ether oxygens (including phenoxy) is 1. The molecule has 0 aromatic carbocycles. The lowest BCUT2D eigenvalue weighted by Crippen LogP contribution is -2.35. The molecule has 0 saturated carbocycles. The van der Waals surface area contributed by atoms with Gasteiger partial charge in [0.1, 0.15) is 0 Å². The van der Waals surface area contributed by atoms with Gasteiger partial charge < -0.3 is 9.64 Å². The van der Waals surface area contributed by atoms with Gasteiger partial charge in [-0.15, -0.1) is 0 Å². The summed E-state index contributed by atoms with van der Waals surface area (Å²) in [5.74, 6) is 0.473. The van der Waals surface area contributed by atoms with Gasteiger partial charge in [-0.1, -0.05) is 0 Å². The van der Waals surface area contributed by atoms with E-state index in [1.807, 2.05) is 37.0 Å². The molecule has 1 aliphatic heterocycles. The number of carbonyl (C=O) groups is 1. The van der Waals surface area contributed by atoms with Gasteiger partial charge in [-0.25, -0.2) is 0 Å². The highest BCUT2D eigenvalue weighted by Gasteiger charge is 2.24. The highest BCUT2D eigenvalue weighted by Crippen LogP contribution is 2.22.